The third-order valence-electron chi connectivity index (χ3n) is 3.75. The van der Waals surface area contributed by atoms with E-state index in [1.54, 1.807) is 6.07 Å². The van der Waals surface area contributed by atoms with Crippen LogP contribution in [0.2, 0.25) is 0 Å². The lowest BCUT2D eigenvalue weighted by atomic mass is 10.2. The molecule has 1 aliphatic rings. The summed E-state index contributed by atoms with van der Waals surface area (Å²) in [4.78, 5) is 18.6. The molecule has 7 nitrogen and oxygen atoms in total. The Morgan fingerprint density at radius 1 is 1.43 bits per heavy atom. The highest BCUT2D eigenvalue weighted by atomic mass is 32.2. The number of nitrogens with zero attached hydrogens (tertiary/aromatic N) is 2. The Bertz CT molecular complexity index is 847. The van der Waals surface area contributed by atoms with Crippen LogP contribution < -0.4 is 15.4 Å². The normalized spacial score (nSPS) is 17.3. The van der Waals surface area contributed by atoms with Crippen molar-refractivity contribution in [3.8, 4) is 5.75 Å². The maximum absolute atomic E-state index is 11.6. The lowest BCUT2D eigenvalue weighted by Gasteiger charge is -2.28. The molecule has 2 aromatic heterocycles. The zero-order chi connectivity index (χ0) is 16.6. The molecule has 9 heteroatoms. The highest BCUT2D eigenvalue weighted by molar-refractivity contribution is 7.91. The Kier molecular flexibility index (Phi) is 4.15. The molecule has 1 saturated heterocycles. The number of hydrogen-bond donors (Lipinski definition) is 1. The molecule has 0 radical (unpaired) electrons. The number of pyridine rings is 1. The van der Waals surface area contributed by atoms with Gasteiger partial charge in [-0.2, -0.15) is 0 Å². The number of rotatable bonds is 4. The number of fused-ring (bicyclic) bond motifs is 1. The van der Waals surface area contributed by atoms with E-state index >= 15 is 0 Å². The second kappa shape index (κ2) is 5.97. The molecule has 1 aliphatic heterocycles. The maximum atomic E-state index is 11.6. The van der Waals surface area contributed by atoms with E-state index in [4.69, 9.17) is 10.5 Å². The van der Waals surface area contributed by atoms with E-state index < -0.39 is 9.84 Å². The van der Waals surface area contributed by atoms with E-state index in [0.717, 1.165) is 0 Å². The Balaban J connectivity index is 2.07. The van der Waals surface area contributed by atoms with Crippen LogP contribution in [0.25, 0.3) is 10.2 Å². The van der Waals surface area contributed by atoms with E-state index in [1.165, 1.54) is 11.3 Å². The zero-order valence-corrected chi connectivity index (χ0v) is 14.2. The number of ether oxygens (including phenoxy) is 1. The van der Waals surface area contributed by atoms with Gasteiger partial charge in [0.05, 0.1) is 34.1 Å². The molecule has 0 aromatic carbocycles. The van der Waals surface area contributed by atoms with Crippen molar-refractivity contribution in [3.05, 3.63) is 10.9 Å². The van der Waals surface area contributed by atoms with Crippen LogP contribution in [0.3, 0.4) is 0 Å². The van der Waals surface area contributed by atoms with Crippen molar-refractivity contribution in [2.45, 2.75) is 6.92 Å². The SMILES string of the molecule is CCOc1cc(N2CCS(=O)(=O)CC2)nc2sc(C=O)c(N)c12. The number of aldehydes is 1. The molecule has 0 bridgehead atoms. The molecule has 3 rings (SSSR count). The first-order chi connectivity index (χ1) is 10.9. The molecule has 0 amide bonds. The average molecular weight is 355 g/mol. The van der Waals surface area contributed by atoms with Crippen molar-refractivity contribution >= 4 is 49.2 Å². The number of nitrogen functional groups attached to an aromatic ring is 1. The van der Waals surface area contributed by atoms with E-state index in [9.17, 15) is 13.2 Å². The van der Waals surface area contributed by atoms with E-state index in [1.807, 2.05) is 11.8 Å². The van der Waals surface area contributed by atoms with Gasteiger partial charge in [0.2, 0.25) is 0 Å². The summed E-state index contributed by atoms with van der Waals surface area (Å²) < 4.78 is 28.8. The summed E-state index contributed by atoms with van der Waals surface area (Å²) in [6.07, 6.45) is 0.713. The molecule has 3 heterocycles. The molecule has 0 unspecified atom stereocenters. The van der Waals surface area contributed by atoms with Gasteiger partial charge in [-0.1, -0.05) is 0 Å². The number of anilines is 2. The average Bonchev–Trinajstić information content (AvgIpc) is 2.84. The lowest BCUT2D eigenvalue weighted by Crippen LogP contribution is -2.40. The van der Waals surface area contributed by atoms with Crippen molar-refractivity contribution in [2.75, 3.05) is 41.8 Å². The smallest absolute Gasteiger partial charge is 0.162 e. The number of thiophene rings is 1. The molecule has 0 spiro atoms. The highest BCUT2D eigenvalue weighted by Crippen LogP contribution is 2.40. The van der Waals surface area contributed by atoms with Crippen LogP contribution in [-0.4, -0.2) is 50.9 Å². The van der Waals surface area contributed by atoms with Gasteiger partial charge in [-0.3, -0.25) is 4.79 Å². The van der Waals surface area contributed by atoms with Crippen LogP contribution in [0.4, 0.5) is 11.5 Å². The van der Waals surface area contributed by atoms with Crippen molar-refractivity contribution in [3.63, 3.8) is 0 Å². The molecule has 2 N–H and O–H groups in total. The molecule has 0 aliphatic carbocycles. The van der Waals surface area contributed by atoms with Crippen LogP contribution in [0.5, 0.6) is 5.75 Å². The standard InChI is InChI=1S/C14H17N3O4S2/c1-2-21-9-7-11(17-3-5-23(19,20)6-4-17)16-14-12(9)13(15)10(8-18)22-14/h7-8H,2-6,15H2,1H3. The number of aromatic nitrogens is 1. The molecule has 0 saturated carbocycles. The summed E-state index contributed by atoms with van der Waals surface area (Å²) in [5.41, 5.74) is 6.39. The fourth-order valence-corrected chi connectivity index (χ4v) is 4.67. The third kappa shape index (κ3) is 2.98. The first-order valence-electron chi connectivity index (χ1n) is 7.21. The minimum atomic E-state index is -2.96. The summed E-state index contributed by atoms with van der Waals surface area (Å²) >= 11 is 1.21. The largest absolute Gasteiger partial charge is 0.493 e. The van der Waals surface area contributed by atoms with Crippen LogP contribution in [-0.2, 0) is 9.84 Å². The summed E-state index contributed by atoms with van der Waals surface area (Å²) in [7, 11) is -2.96. The molecular formula is C14H17N3O4S2. The number of carbonyl (C=O) groups excluding carboxylic acids is 1. The van der Waals surface area contributed by atoms with Crippen molar-refractivity contribution < 1.29 is 17.9 Å². The summed E-state index contributed by atoms with van der Waals surface area (Å²) in [5.74, 6) is 1.45. The monoisotopic (exact) mass is 355 g/mol. The quantitative estimate of drug-likeness (QED) is 0.825. The zero-order valence-electron chi connectivity index (χ0n) is 12.6. The van der Waals surface area contributed by atoms with Gasteiger partial charge < -0.3 is 15.4 Å². The number of nitrogens with two attached hydrogens (primary N) is 1. The lowest BCUT2D eigenvalue weighted by molar-refractivity contribution is 0.112. The Morgan fingerprint density at radius 2 is 2.13 bits per heavy atom. The molecule has 124 valence electrons. The van der Waals surface area contributed by atoms with Gasteiger partial charge in [0.15, 0.2) is 16.1 Å². The maximum Gasteiger partial charge on any atom is 0.162 e. The molecule has 1 fully saturated rings. The van der Waals surface area contributed by atoms with Crippen molar-refractivity contribution in [1.29, 1.82) is 0 Å². The first kappa shape index (κ1) is 16.0. The van der Waals surface area contributed by atoms with Crippen LogP contribution >= 0.6 is 11.3 Å². The van der Waals surface area contributed by atoms with Gasteiger partial charge in [-0.25, -0.2) is 13.4 Å². The summed E-state index contributed by atoms with van der Waals surface area (Å²) in [6.45, 7) is 3.11. The van der Waals surface area contributed by atoms with Gasteiger partial charge in [0, 0.05) is 19.2 Å². The Labute approximate surface area is 138 Å². The second-order valence-electron chi connectivity index (χ2n) is 5.23. The van der Waals surface area contributed by atoms with Gasteiger partial charge >= 0.3 is 0 Å². The first-order valence-corrected chi connectivity index (χ1v) is 9.85. The number of carbonyl (C=O) groups is 1. The predicted octanol–water partition coefficient (Wildman–Crippen LogP) is 1.32. The minimum absolute atomic E-state index is 0.114. The minimum Gasteiger partial charge on any atom is -0.493 e. The predicted molar refractivity (Wildman–Crippen MR) is 91.5 cm³/mol. The van der Waals surface area contributed by atoms with Gasteiger partial charge in [-0.05, 0) is 6.92 Å². The molecule has 0 atom stereocenters. The molecular weight excluding hydrogens is 338 g/mol. The van der Waals surface area contributed by atoms with Crippen molar-refractivity contribution in [1.82, 2.24) is 4.98 Å². The van der Waals surface area contributed by atoms with Gasteiger partial charge in [0.25, 0.3) is 0 Å². The van der Waals surface area contributed by atoms with Crippen LogP contribution in [0, 0.1) is 0 Å². The van der Waals surface area contributed by atoms with Crippen LogP contribution in [0.15, 0.2) is 6.07 Å². The number of hydrogen-bond acceptors (Lipinski definition) is 8. The summed E-state index contributed by atoms with van der Waals surface area (Å²) in [6, 6.07) is 1.77. The second-order valence-corrected chi connectivity index (χ2v) is 8.56. The highest BCUT2D eigenvalue weighted by Gasteiger charge is 2.24. The topological polar surface area (TPSA) is 103 Å². The van der Waals surface area contributed by atoms with Gasteiger partial charge in [0.1, 0.15) is 16.4 Å². The van der Waals surface area contributed by atoms with E-state index in [-0.39, 0.29) is 11.5 Å². The Morgan fingerprint density at radius 3 is 2.74 bits per heavy atom. The Hall–Kier alpha value is -1.87. The summed E-state index contributed by atoms with van der Waals surface area (Å²) in [5, 5.41) is 0.646. The fourth-order valence-electron chi connectivity index (χ4n) is 2.55. The van der Waals surface area contributed by atoms with Crippen molar-refractivity contribution in [2.24, 2.45) is 0 Å². The fraction of sp³-hybridized carbons (Fsp3) is 0.429. The number of sulfone groups is 1. The van der Waals surface area contributed by atoms with Gasteiger partial charge in [-0.15, -0.1) is 11.3 Å². The van der Waals surface area contributed by atoms with Crippen LogP contribution in [0.1, 0.15) is 16.6 Å². The van der Waals surface area contributed by atoms with E-state index in [2.05, 4.69) is 4.98 Å². The third-order valence-corrected chi connectivity index (χ3v) is 6.39. The van der Waals surface area contributed by atoms with E-state index in [0.29, 0.717) is 58.3 Å². The molecule has 23 heavy (non-hydrogen) atoms. The molecule has 2 aromatic rings.